The number of carbonyl (C=O) groups excluding carboxylic acids is 1. The maximum Gasteiger partial charge on any atom is 0.413 e. The highest BCUT2D eigenvalue weighted by atomic mass is 32.2. The Bertz CT molecular complexity index is 688. The first-order valence-electron chi connectivity index (χ1n) is 7.40. The number of rotatable bonds is 3. The average molecular weight is 364 g/mol. The standard InChI is InChI=1S/C15H19F3N2O3S/c1-20(14(21)11-6-8-24(22,23)9-7-11)13(15(16,17)18)10-2-4-12(19)5-3-10/h2-5,11,13H,6-9,19H2,1H3/t13-/m0/s1. The number of amides is 1. The largest absolute Gasteiger partial charge is 0.413 e. The molecule has 134 valence electrons. The normalized spacial score (nSPS) is 19.7. The van der Waals surface area contributed by atoms with E-state index in [4.69, 9.17) is 5.73 Å². The molecule has 0 radical (unpaired) electrons. The first-order valence-corrected chi connectivity index (χ1v) is 9.22. The van der Waals surface area contributed by atoms with Gasteiger partial charge in [-0.05, 0) is 30.5 Å². The van der Waals surface area contributed by atoms with Crippen LogP contribution in [0.5, 0.6) is 0 Å². The van der Waals surface area contributed by atoms with Crippen LogP contribution in [0.2, 0.25) is 0 Å². The predicted molar refractivity (Wildman–Crippen MR) is 83.8 cm³/mol. The number of nitrogens with zero attached hydrogens (tertiary/aromatic N) is 1. The molecule has 1 aromatic carbocycles. The van der Waals surface area contributed by atoms with Gasteiger partial charge in [-0.2, -0.15) is 13.2 Å². The fraction of sp³-hybridized carbons (Fsp3) is 0.533. The van der Waals surface area contributed by atoms with Gasteiger partial charge in [0, 0.05) is 18.7 Å². The van der Waals surface area contributed by atoms with Crippen LogP contribution in [0.15, 0.2) is 24.3 Å². The van der Waals surface area contributed by atoms with Crippen LogP contribution in [0.3, 0.4) is 0 Å². The zero-order chi connectivity index (χ0) is 18.1. The third-order valence-corrected chi connectivity index (χ3v) is 5.92. The molecule has 9 heteroatoms. The number of alkyl halides is 3. The summed E-state index contributed by atoms with van der Waals surface area (Å²) in [5.74, 6) is -1.74. The van der Waals surface area contributed by atoms with E-state index in [-0.39, 0.29) is 29.9 Å². The van der Waals surface area contributed by atoms with Gasteiger partial charge in [-0.25, -0.2) is 8.42 Å². The van der Waals surface area contributed by atoms with Crippen molar-refractivity contribution in [2.75, 3.05) is 24.3 Å². The van der Waals surface area contributed by atoms with Crippen molar-refractivity contribution < 1.29 is 26.4 Å². The van der Waals surface area contributed by atoms with Crippen LogP contribution in [0.4, 0.5) is 18.9 Å². The minimum absolute atomic E-state index is 0.0534. The summed E-state index contributed by atoms with van der Waals surface area (Å²) in [7, 11) is -2.09. The molecule has 0 saturated carbocycles. The summed E-state index contributed by atoms with van der Waals surface area (Å²) >= 11 is 0. The molecule has 1 heterocycles. The second kappa shape index (κ2) is 6.62. The molecule has 1 aromatic rings. The molecule has 1 atom stereocenters. The summed E-state index contributed by atoms with van der Waals surface area (Å²) < 4.78 is 63.3. The molecule has 5 nitrogen and oxygen atoms in total. The lowest BCUT2D eigenvalue weighted by Crippen LogP contribution is -2.44. The Morgan fingerprint density at radius 3 is 2.17 bits per heavy atom. The van der Waals surface area contributed by atoms with Crippen molar-refractivity contribution >= 4 is 21.4 Å². The highest BCUT2D eigenvalue weighted by Gasteiger charge is 2.46. The highest BCUT2D eigenvalue weighted by molar-refractivity contribution is 7.91. The van der Waals surface area contributed by atoms with E-state index in [2.05, 4.69) is 0 Å². The van der Waals surface area contributed by atoms with Gasteiger partial charge in [-0.15, -0.1) is 0 Å². The van der Waals surface area contributed by atoms with Gasteiger partial charge in [-0.3, -0.25) is 4.79 Å². The van der Waals surface area contributed by atoms with Crippen molar-refractivity contribution in [2.24, 2.45) is 5.92 Å². The molecule has 1 saturated heterocycles. The Morgan fingerprint density at radius 1 is 1.21 bits per heavy atom. The van der Waals surface area contributed by atoms with Crippen molar-refractivity contribution in [1.29, 1.82) is 0 Å². The van der Waals surface area contributed by atoms with Gasteiger partial charge in [0.25, 0.3) is 0 Å². The third-order valence-electron chi connectivity index (χ3n) is 4.20. The van der Waals surface area contributed by atoms with Crippen LogP contribution >= 0.6 is 0 Å². The van der Waals surface area contributed by atoms with Crippen LogP contribution < -0.4 is 5.73 Å². The Balaban J connectivity index is 2.23. The number of sulfone groups is 1. The van der Waals surface area contributed by atoms with Crippen LogP contribution in [0, 0.1) is 5.92 Å². The topological polar surface area (TPSA) is 80.5 Å². The maximum absolute atomic E-state index is 13.5. The summed E-state index contributed by atoms with van der Waals surface area (Å²) in [6.45, 7) is 0. The maximum atomic E-state index is 13.5. The van der Waals surface area contributed by atoms with Crippen molar-refractivity contribution in [2.45, 2.75) is 25.1 Å². The molecule has 1 aliphatic rings. The highest BCUT2D eigenvalue weighted by Crippen LogP contribution is 2.38. The Hall–Kier alpha value is -1.77. The molecule has 1 fully saturated rings. The fourth-order valence-corrected chi connectivity index (χ4v) is 4.35. The molecule has 1 amide bonds. The first-order chi connectivity index (χ1) is 11.0. The summed E-state index contributed by atoms with van der Waals surface area (Å²) in [5, 5.41) is 0. The van der Waals surface area contributed by atoms with Gasteiger partial charge in [0.15, 0.2) is 6.04 Å². The number of carbonyl (C=O) groups is 1. The van der Waals surface area contributed by atoms with E-state index in [1.54, 1.807) is 0 Å². The second-order valence-electron chi connectivity index (χ2n) is 5.99. The monoisotopic (exact) mass is 364 g/mol. The number of anilines is 1. The molecule has 0 unspecified atom stereocenters. The second-order valence-corrected chi connectivity index (χ2v) is 8.29. The summed E-state index contributed by atoms with van der Waals surface area (Å²) in [4.78, 5) is 13.1. The molecule has 2 rings (SSSR count). The Kier molecular flexibility index (Phi) is 5.12. The number of nitrogens with two attached hydrogens (primary N) is 1. The number of benzene rings is 1. The Morgan fingerprint density at radius 2 is 1.71 bits per heavy atom. The van der Waals surface area contributed by atoms with Gasteiger partial charge < -0.3 is 10.6 Å². The van der Waals surface area contributed by atoms with Gasteiger partial charge in [-0.1, -0.05) is 12.1 Å². The van der Waals surface area contributed by atoms with Crippen LogP contribution in [0.1, 0.15) is 24.4 Å². The van der Waals surface area contributed by atoms with Crippen LogP contribution in [-0.2, 0) is 14.6 Å². The summed E-state index contributed by atoms with van der Waals surface area (Å²) in [6, 6.07) is 3.08. The van der Waals surface area contributed by atoms with E-state index in [1.807, 2.05) is 0 Å². The number of hydrogen-bond acceptors (Lipinski definition) is 4. The molecule has 0 spiro atoms. The lowest BCUT2D eigenvalue weighted by Gasteiger charge is -2.34. The van der Waals surface area contributed by atoms with E-state index in [9.17, 15) is 26.4 Å². The molecule has 1 aliphatic heterocycles. The van der Waals surface area contributed by atoms with E-state index >= 15 is 0 Å². The quantitative estimate of drug-likeness (QED) is 0.834. The third kappa shape index (κ3) is 4.19. The molecular formula is C15H19F3N2O3S. The van der Waals surface area contributed by atoms with Gasteiger partial charge in [0.1, 0.15) is 9.84 Å². The summed E-state index contributed by atoms with van der Waals surface area (Å²) in [6.07, 6.45) is -4.54. The lowest BCUT2D eigenvalue weighted by molar-refractivity contribution is -0.190. The average Bonchev–Trinajstić information content (AvgIpc) is 2.47. The van der Waals surface area contributed by atoms with Gasteiger partial charge in [0.2, 0.25) is 5.91 Å². The number of nitrogen functional groups attached to an aromatic ring is 1. The molecule has 0 aromatic heterocycles. The fourth-order valence-electron chi connectivity index (χ4n) is 2.86. The van der Waals surface area contributed by atoms with E-state index in [0.29, 0.717) is 10.6 Å². The van der Waals surface area contributed by atoms with Crippen molar-refractivity contribution in [1.82, 2.24) is 4.90 Å². The van der Waals surface area contributed by atoms with E-state index in [1.165, 1.54) is 24.3 Å². The van der Waals surface area contributed by atoms with Gasteiger partial charge >= 0.3 is 6.18 Å². The molecule has 0 aliphatic carbocycles. The van der Waals surface area contributed by atoms with E-state index in [0.717, 1.165) is 7.05 Å². The van der Waals surface area contributed by atoms with Crippen LogP contribution in [-0.4, -0.2) is 44.0 Å². The first kappa shape index (κ1) is 18.6. The molecule has 24 heavy (non-hydrogen) atoms. The zero-order valence-corrected chi connectivity index (χ0v) is 13.9. The van der Waals surface area contributed by atoms with Crippen molar-refractivity contribution in [3.8, 4) is 0 Å². The SMILES string of the molecule is CN(C(=O)C1CCS(=O)(=O)CC1)[C@@H](c1ccc(N)cc1)C(F)(F)F. The minimum Gasteiger partial charge on any atom is -0.399 e. The summed E-state index contributed by atoms with van der Waals surface area (Å²) in [5.41, 5.74) is 5.73. The van der Waals surface area contributed by atoms with Gasteiger partial charge in [0.05, 0.1) is 11.5 Å². The van der Waals surface area contributed by atoms with E-state index < -0.39 is 33.9 Å². The Labute approximate surface area is 138 Å². The zero-order valence-electron chi connectivity index (χ0n) is 13.1. The lowest BCUT2D eigenvalue weighted by atomic mass is 9.98. The molecule has 0 bridgehead atoms. The van der Waals surface area contributed by atoms with Crippen molar-refractivity contribution in [3.05, 3.63) is 29.8 Å². The number of hydrogen-bond donors (Lipinski definition) is 1. The predicted octanol–water partition coefficient (Wildman–Crippen LogP) is 2.16. The molecular weight excluding hydrogens is 345 g/mol. The van der Waals surface area contributed by atoms with Crippen molar-refractivity contribution in [3.63, 3.8) is 0 Å². The van der Waals surface area contributed by atoms with Crippen LogP contribution in [0.25, 0.3) is 0 Å². The minimum atomic E-state index is -4.65. The molecule has 2 N–H and O–H groups in total. The number of halogens is 3. The smallest absolute Gasteiger partial charge is 0.399 e.